The van der Waals surface area contributed by atoms with E-state index in [1.165, 1.54) is 34.4 Å². The van der Waals surface area contributed by atoms with Crippen molar-refractivity contribution in [3.05, 3.63) is 99.1 Å². The number of benzene rings is 3. The quantitative estimate of drug-likeness (QED) is 0.219. The number of anilines is 1. The molecule has 0 saturated carbocycles. The van der Waals surface area contributed by atoms with Gasteiger partial charge >= 0.3 is 6.09 Å². The summed E-state index contributed by atoms with van der Waals surface area (Å²) in [6.45, 7) is 2.37. The second-order valence-corrected chi connectivity index (χ2v) is 7.97. The number of alkyl carbamates (subject to hydrolysis) is 1. The van der Waals surface area contributed by atoms with Gasteiger partial charge in [-0.15, -0.1) is 0 Å². The first kappa shape index (κ1) is 22.1. The van der Waals surface area contributed by atoms with E-state index in [9.17, 15) is 14.9 Å². The molecule has 0 unspecified atom stereocenters. The molecule has 1 aliphatic carbocycles. The van der Waals surface area contributed by atoms with E-state index in [1.54, 1.807) is 13.0 Å². The van der Waals surface area contributed by atoms with Crippen LogP contribution in [0.5, 0.6) is 0 Å². The van der Waals surface area contributed by atoms with E-state index in [2.05, 4.69) is 29.6 Å². The normalized spacial score (nSPS) is 12.4. The summed E-state index contributed by atoms with van der Waals surface area (Å²) in [5.41, 5.74) is 12.5. The molecule has 3 aromatic rings. The maximum absolute atomic E-state index is 12.2. The number of hydrogen-bond donors (Lipinski definition) is 2. The Morgan fingerprint density at radius 1 is 1.12 bits per heavy atom. The van der Waals surface area contributed by atoms with Crippen LogP contribution in [0.2, 0.25) is 0 Å². The molecule has 33 heavy (non-hydrogen) atoms. The number of aryl methyl sites for hydroxylation is 1. The highest BCUT2D eigenvalue weighted by molar-refractivity contribution is 5.79. The van der Waals surface area contributed by atoms with Crippen LogP contribution in [-0.2, 0) is 4.74 Å². The summed E-state index contributed by atoms with van der Waals surface area (Å²) >= 11 is 0. The number of fused-ring (bicyclic) bond motifs is 3. The lowest BCUT2D eigenvalue weighted by atomic mass is 9.98. The van der Waals surface area contributed by atoms with E-state index in [4.69, 9.17) is 10.5 Å². The fourth-order valence-electron chi connectivity index (χ4n) is 4.17. The van der Waals surface area contributed by atoms with Crippen molar-refractivity contribution in [1.29, 1.82) is 0 Å². The summed E-state index contributed by atoms with van der Waals surface area (Å²) in [4.78, 5) is 22.8. The van der Waals surface area contributed by atoms with E-state index in [-0.39, 0.29) is 18.2 Å². The van der Waals surface area contributed by atoms with Gasteiger partial charge in [-0.05, 0) is 41.2 Å². The van der Waals surface area contributed by atoms with Gasteiger partial charge in [0.2, 0.25) is 0 Å². The van der Waals surface area contributed by atoms with Crippen LogP contribution in [0, 0.1) is 17.0 Å². The van der Waals surface area contributed by atoms with Crippen LogP contribution in [-0.4, -0.2) is 24.2 Å². The number of nitrogens with zero attached hydrogens (tertiary/aromatic N) is 1. The molecule has 0 spiro atoms. The molecule has 0 atom stereocenters. The van der Waals surface area contributed by atoms with Gasteiger partial charge in [0.25, 0.3) is 5.69 Å². The van der Waals surface area contributed by atoms with E-state index >= 15 is 0 Å². The van der Waals surface area contributed by atoms with Crippen LogP contribution in [0.25, 0.3) is 17.2 Å². The van der Waals surface area contributed by atoms with Gasteiger partial charge in [0.05, 0.1) is 4.92 Å². The summed E-state index contributed by atoms with van der Waals surface area (Å²) < 4.78 is 5.51. The van der Waals surface area contributed by atoms with Gasteiger partial charge in [-0.3, -0.25) is 10.1 Å². The van der Waals surface area contributed by atoms with Gasteiger partial charge in [-0.2, -0.15) is 0 Å². The van der Waals surface area contributed by atoms with Crippen molar-refractivity contribution >= 4 is 23.5 Å². The van der Waals surface area contributed by atoms with E-state index < -0.39 is 11.0 Å². The summed E-state index contributed by atoms with van der Waals surface area (Å²) in [5, 5.41) is 13.8. The molecule has 1 amide bonds. The zero-order valence-corrected chi connectivity index (χ0v) is 18.3. The predicted molar refractivity (Wildman–Crippen MR) is 129 cm³/mol. The minimum Gasteiger partial charge on any atom is -0.449 e. The number of hydrogen-bond acceptors (Lipinski definition) is 5. The lowest BCUT2D eigenvalue weighted by Gasteiger charge is -2.14. The Morgan fingerprint density at radius 2 is 1.76 bits per heavy atom. The molecule has 0 aromatic heterocycles. The van der Waals surface area contributed by atoms with Crippen molar-refractivity contribution in [3.63, 3.8) is 0 Å². The SMILES string of the molecule is Cc1cc([N+](=O)[O-])cc(C=CCCNC(=O)OCC2c3ccccc3-c3ccccc32)c1N. The maximum Gasteiger partial charge on any atom is 0.407 e. The van der Waals surface area contributed by atoms with Crippen molar-refractivity contribution in [2.24, 2.45) is 0 Å². The third-order valence-electron chi connectivity index (χ3n) is 5.84. The first-order valence-electron chi connectivity index (χ1n) is 10.8. The van der Waals surface area contributed by atoms with E-state index in [1.807, 2.05) is 30.3 Å². The van der Waals surface area contributed by atoms with Crippen LogP contribution in [0.15, 0.2) is 66.7 Å². The third kappa shape index (κ3) is 4.72. The summed E-state index contributed by atoms with van der Waals surface area (Å²) in [5.74, 6) is 0.0168. The minimum absolute atomic E-state index is 0.00175. The van der Waals surface area contributed by atoms with Gasteiger partial charge in [-0.25, -0.2) is 4.79 Å². The topological polar surface area (TPSA) is 107 Å². The number of carbonyl (C=O) groups is 1. The Balaban J connectivity index is 1.30. The van der Waals surface area contributed by atoms with Gasteiger partial charge < -0.3 is 15.8 Å². The van der Waals surface area contributed by atoms with E-state index in [0.29, 0.717) is 29.8 Å². The summed E-state index contributed by atoms with van der Waals surface area (Å²) in [6, 6.07) is 19.3. The molecule has 7 heteroatoms. The predicted octanol–water partition coefficient (Wildman–Crippen LogP) is 5.43. The van der Waals surface area contributed by atoms with Crippen molar-refractivity contribution in [2.45, 2.75) is 19.3 Å². The van der Waals surface area contributed by atoms with Gasteiger partial charge in [0.15, 0.2) is 0 Å². The summed E-state index contributed by atoms with van der Waals surface area (Å²) in [7, 11) is 0. The van der Waals surface area contributed by atoms with Gasteiger partial charge in [0, 0.05) is 35.8 Å². The molecule has 0 radical (unpaired) electrons. The van der Waals surface area contributed by atoms with Crippen molar-refractivity contribution < 1.29 is 14.5 Å². The van der Waals surface area contributed by atoms with E-state index in [0.717, 1.165) is 0 Å². The van der Waals surface area contributed by atoms with Crippen LogP contribution in [0.1, 0.15) is 34.6 Å². The standard InChI is InChI=1S/C26H25N3O4/c1-17-14-19(29(31)32)15-18(25(17)27)8-6-7-13-28-26(30)33-16-24-22-11-4-2-9-20(22)21-10-3-5-12-23(21)24/h2-6,8-12,14-15,24H,7,13,16,27H2,1H3,(H,28,30). The molecule has 0 bridgehead atoms. The van der Waals surface area contributed by atoms with Crippen molar-refractivity contribution in [1.82, 2.24) is 5.32 Å². The Kier molecular flexibility index (Phi) is 6.40. The Hall–Kier alpha value is -4.13. The second kappa shape index (κ2) is 9.56. The molecule has 1 aliphatic rings. The number of nitrogens with two attached hydrogens (primary N) is 1. The third-order valence-corrected chi connectivity index (χ3v) is 5.84. The van der Waals surface area contributed by atoms with Crippen LogP contribution < -0.4 is 11.1 Å². The number of non-ortho nitro benzene ring substituents is 1. The highest BCUT2D eigenvalue weighted by atomic mass is 16.6. The number of nitrogens with one attached hydrogen (secondary N) is 1. The smallest absolute Gasteiger partial charge is 0.407 e. The number of nitro groups is 1. The molecule has 0 heterocycles. The molecule has 7 nitrogen and oxygen atoms in total. The first-order valence-corrected chi connectivity index (χ1v) is 10.8. The molecule has 0 aliphatic heterocycles. The second-order valence-electron chi connectivity index (χ2n) is 7.97. The fourth-order valence-corrected chi connectivity index (χ4v) is 4.17. The first-order chi connectivity index (χ1) is 16.0. The largest absolute Gasteiger partial charge is 0.449 e. The number of carbonyl (C=O) groups excluding carboxylic acids is 1. The molecule has 168 valence electrons. The number of amides is 1. The van der Waals surface area contributed by atoms with Crippen molar-refractivity contribution in [3.8, 4) is 11.1 Å². The zero-order chi connectivity index (χ0) is 23.4. The molecule has 3 aromatic carbocycles. The maximum atomic E-state index is 12.2. The molecule has 0 fully saturated rings. The number of nitro benzene ring substituents is 1. The van der Waals surface area contributed by atoms with Gasteiger partial charge in [-0.1, -0.05) is 60.7 Å². The Labute approximate surface area is 192 Å². The average molecular weight is 444 g/mol. The van der Waals surface area contributed by atoms with Crippen LogP contribution >= 0.6 is 0 Å². The zero-order valence-electron chi connectivity index (χ0n) is 18.3. The molecular weight excluding hydrogens is 418 g/mol. The lowest BCUT2D eigenvalue weighted by Crippen LogP contribution is -2.26. The van der Waals surface area contributed by atoms with Crippen LogP contribution in [0.3, 0.4) is 0 Å². The number of nitrogen functional groups attached to an aromatic ring is 1. The highest BCUT2D eigenvalue weighted by Crippen LogP contribution is 2.44. The Bertz CT molecular complexity index is 1190. The molecule has 0 saturated heterocycles. The fraction of sp³-hybridized carbons (Fsp3) is 0.192. The summed E-state index contributed by atoms with van der Waals surface area (Å²) in [6.07, 6.45) is 3.61. The van der Waals surface area contributed by atoms with Crippen LogP contribution in [0.4, 0.5) is 16.2 Å². The lowest BCUT2D eigenvalue weighted by molar-refractivity contribution is -0.384. The average Bonchev–Trinajstić information content (AvgIpc) is 3.13. The number of rotatable bonds is 7. The van der Waals surface area contributed by atoms with Crippen molar-refractivity contribution in [2.75, 3.05) is 18.9 Å². The molecular formula is C26H25N3O4. The number of ether oxygens (including phenoxy) is 1. The molecule has 3 N–H and O–H groups in total. The highest BCUT2D eigenvalue weighted by Gasteiger charge is 2.28. The monoisotopic (exact) mass is 443 g/mol. The minimum atomic E-state index is -0.476. The molecule has 4 rings (SSSR count). The Morgan fingerprint density at radius 3 is 2.39 bits per heavy atom. The van der Waals surface area contributed by atoms with Gasteiger partial charge in [0.1, 0.15) is 6.61 Å².